The molecule has 0 spiro atoms. The molecule has 0 bridgehead atoms. The topological polar surface area (TPSA) is 62.1 Å². The van der Waals surface area contributed by atoms with Gasteiger partial charge in [0, 0.05) is 10.0 Å². The van der Waals surface area contributed by atoms with Gasteiger partial charge in [0.25, 0.3) is 5.91 Å². The number of hydrogen-bond donors (Lipinski definition) is 1. The van der Waals surface area contributed by atoms with Crippen LogP contribution in [0.25, 0.3) is 0 Å². The summed E-state index contributed by atoms with van der Waals surface area (Å²) in [6.07, 6.45) is 3.95. The van der Waals surface area contributed by atoms with Crippen molar-refractivity contribution in [1.29, 1.82) is 5.26 Å². The van der Waals surface area contributed by atoms with Crippen LogP contribution in [0.2, 0.25) is 0 Å². The summed E-state index contributed by atoms with van der Waals surface area (Å²) in [4.78, 5) is 11.7. The van der Waals surface area contributed by atoms with Gasteiger partial charge in [-0.15, -0.1) is 6.42 Å². The maximum absolute atomic E-state index is 11.7. The highest BCUT2D eigenvalue weighted by molar-refractivity contribution is 9.10. The monoisotopic (exact) mass is 292 g/mol. The Balaban J connectivity index is 2.62. The van der Waals surface area contributed by atoms with Gasteiger partial charge >= 0.3 is 0 Å². The molecule has 0 radical (unpaired) electrons. The molecule has 5 heteroatoms. The van der Waals surface area contributed by atoms with Crippen LogP contribution in [-0.4, -0.2) is 18.7 Å². The van der Waals surface area contributed by atoms with E-state index in [1.54, 1.807) is 30.3 Å². The summed E-state index contributed by atoms with van der Waals surface area (Å²) in [5.41, 5.74) is 0.442. The van der Waals surface area contributed by atoms with E-state index >= 15 is 0 Å². The number of nitriles is 1. The number of rotatable bonds is 4. The van der Waals surface area contributed by atoms with Crippen molar-refractivity contribution >= 4 is 21.8 Å². The smallest absolute Gasteiger partial charge is 0.254 e. The van der Waals surface area contributed by atoms with Crippen LogP contribution >= 0.6 is 15.9 Å². The molecular weight excluding hydrogens is 284 g/mol. The third kappa shape index (κ3) is 4.28. The number of hydrogen-bond acceptors (Lipinski definition) is 3. The zero-order valence-electron chi connectivity index (χ0n) is 8.81. The first-order chi connectivity index (χ1) is 8.17. The molecule has 0 heterocycles. The molecule has 0 aliphatic heterocycles. The van der Waals surface area contributed by atoms with Crippen molar-refractivity contribution in [3.8, 4) is 18.4 Å². The summed E-state index contributed by atoms with van der Waals surface area (Å²) < 4.78 is 5.79. The van der Waals surface area contributed by atoms with Crippen molar-refractivity contribution in [2.45, 2.75) is 6.23 Å². The van der Waals surface area contributed by atoms with E-state index in [4.69, 9.17) is 16.4 Å². The number of terminal acetylenes is 1. The highest BCUT2D eigenvalue weighted by Gasteiger charge is 2.12. The number of nitrogens with one attached hydrogen (secondary N) is 1. The maximum Gasteiger partial charge on any atom is 0.254 e. The minimum Gasteiger partial charge on any atom is -0.333 e. The van der Waals surface area contributed by atoms with Crippen molar-refractivity contribution in [2.24, 2.45) is 0 Å². The second-order valence-electron chi connectivity index (χ2n) is 3.00. The van der Waals surface area contributed by atoms with Gasteiger partial charge in [-0.1, -0.05) is 21.9 Å². The van der Waals surface area contributed by atoms with Crippen LogP contribution < -0.4 is 5.32 Å². The molecule has 0 aliphatic carbocycles. The number of halogens is 1. The first-order valence-corrected chi connectivity index (χ1v) is 5.48. The maximum atomic E-state index is 11.7. The van der Waals surface area contributed by atoms with Crippen LogP contribution in [0.5, 0.6) is 0 Å². The Labute approximate surface area is 108 Å². The van der Waals surface area contributed by atoms with E-state index in [0.29, 0.717) is 5.56 Å². The van der Waals surface area contributed by atoms with Crippen molar-refractivity contribution < 1.29 is 9.53 Å². The van der Waals surface area contributed by atoms with Crippen molar-refractivity contribution in [3.05, 3.63) is 34.3 Å². The first-order valence-electron chi connectivity index (χ1n) is 4.68. The van der Waals surface area contributed by atoms with Gasteiger partial charge in [0.1, 0.15) is 12.7 Å². The fourth-order valence-electron chi connectivity index (χ4n) is 1.05. The number of amides is 1. The number of ether oxygens (including phenoxy) is 1. The van der Waals surface area contributed by atoms with Gasteiger partial charge in [0.15, 0.2) is 0 Å². The number of benzene rings is 1. The second-order valence-corrected chi connectivity index (χ2v) is 3.92. The molecule has 1 amide bonds. The predicted molar refractivity (Wildman–Crippen MR) is 65.8 cm³/mol. The molecule has 0 fully saturated rings. The highest BCUT2D eigenvalue weighted by Crippen LogP contribution is 2.10. The van der Waals surface area contributed by atoms with Gasteiger partial charge in [0.2, 0.25) is 6.23 Å². The van der Waals surface area contributed by atoms with Crippen molar-refractivity contribution in [1.82, 2.24) is 5.32 Å². The molecular formula is C12H9BrN2O2. The quantitative estimate of drug-likeness (QED) is 0.678. The molecule has 1 N–H and O–H groups in total. The molecule has 0 saturated heterocycles. The highest BCUT2D eigenvalue weighted by atomic mass is 79.9. The Kier molecular flexibility index (Phi) is 5.22. The summed E-state index contributed by atoms with van der Waals surface area (Å²) in [6.45, 7) is -0.0289. The molecule has 4 nitrogen and oxygen atoms in total. The Morgan fingerprint density at radius 3 is 2.71 bits per heavy atom. The van der Waals surface area contributed by atoms with Gasteiger partial charge < -0.3 is 10.1 Å². The number of nitrogens with zero attached hydrogens (tertiary/aromatic N) is 1. The minimum atomic E-state index is -1.04. The van der Waals surface area contributed by atoms with E-state index in [1.807, 2.05) is 0 Å². The average molecular weight is 293 g/mol. The van der Waals surface area contributed by atoms with Crippen molar-refractivity contribution in [3.63, 3.8) is 0 Å². The van der Waals surface area contributed by atoms with Gasteiger partial charge in [-0.3, -0.25) is 4.79 Å². The average Bonchev–Trinajstić information content (AvgIpc) is 2.35. The van der Waals surface area contributed by atoms with E-state index in [1.165, 1.54) is 0 Å². The lowest BCUT2D eigenvalue weighted by molar-refractivity contribution is 0.0685. The molecule has 0 saturated carbocycles. The molecule has 1 rings (SSSR count). The molecule has 0 aromatic heterocycles. The summed E-state index contributed by atoms with van der Waals surface area (Å²) in [7, 11) is 0. The molecule has 1 aromatic carbocycles. The Hall–Kier alpha value is -1.82. The summed E-state index contributed by atoms with van der Waals surface area (Å²) in [5.74, 6) is 1.83. The van der Waals surface area contributed by atoms with Crippen LogP contribution in [-0.2, 0) is 4.74 Å². The van der Waals surface area contributed by atoms with Crippen LogP contribution in [0.15, 0.2) is 28.7 Å². The predicted octanol–water partition coefficient (Wildman–Crippen LogP) is 1.68. The lowest BCUT2D eigenvalue weighted by atomic mass is 10.2. The third-order valence-electron chi connectivity index (χ3n) is 1.82. The molecule has 86 valence electrons. The Morgan fingerprint density at radius 2 is 2.18 bits per heavy atom. The fraction of sp³-hybridized carbons (Fsp3) is 0.167. The SMILES string of the molecule is C#CCOC(C#N)NC(=O)c1ccc(Br)cc1. The molecule has 1 unspecified atom stereocenters. The lowest BCUT2D eigenvalue weighted by Crippen LogP contribution is -2.35. The molecule has 1 aromatic rings. The first kappa shape index (κ1) is 13.2. The fourth-order valence-corrected chi connectivity index (χ4v) is 1.31. The summed E-state index contributed by atoms with van der Waals surface area (Å²) in [6, 6.07) is 8.53. The van der Waals surface area contributed by atoms with E-state index in [9.17, 15) is 4.79 Å². The third-order valence-corrected chi connectivity index (χ3v) is 2.35. The van der Waals surface area contributed by atoms with E-state index in [0.717, 1.165) is 4.47 Å². The van der Waals surface area contributed by atoms with E-state index in [-0.39, 0.29) is 12.5 Å². The molecule has 17 heavy (non-hydrogen) atoms. The van der Waals surface area contributed by atoms with Crippen LogP contribution in [0.1, 0.15) is 10.4 Å². The van der Waals surface area contributed by atoms with Crippen LogP contribution in [0.4, 0.5) is 0 Å². The zero-order valence-corrected chi connectivity index (χ0v) is 10.4. The largest absolute Gasteiger partial charge is 0.333 e. The van der Waals surface area contributed by atoms with E-state index in [2.05, 4.69) is 27.2 Å². The van der Waals surface area contributed by atoms with Gasteiger partial charge in [-0.2, -0.15) is 5.26 Å². The van der Waals surface area contributed by atoms with Crippen LogP contribution in [0.3, 0.4) is 0 Å². The van der Waals surface area contributed by atoms with E-state index < -0.39 is 6.23 Å². The normalized spacial score (nSPS) is 11.0. The van der Waals surface area contributed by atoms with Gasteiger partial charge in [-0.25, -0.2) is 0 Å². The Morgan fingerprint density at radius 1 is 1.53 bits per heavy atom. The second kappa shape index (κ2) is 6.70. The zero-order chi connectivity index (χ0) is 12.7. The van der Waals surface area contributed by atoms with Crippen LogP contribution in [0, 0.1) is 23.7 Å². The Bertz CT molecular complexity index is 471. The standard InChI is InChI=1S/C12H9BrN2O2/c1-2-7-17-11(8-14)15-12(16)9-3-5-10(13)6-4-9/h1,3-6,11H,7H2,(H,15,16). The number of carbonyl (C=O) groups excluding carboxylic acids is 1. The minimum absolute atomic E-state index is 0.0289. The van der Waals surface area contributed by atoms with Gasteiger partial charge in [0.05, 0.1) is 0 Å². The number of carbonyl (C=O) groups is 1. The summed E-state index contributed by atoms with van der Waals surface area (Å²) >= 11 is 3.26. The lowest BCUT2D eigenvalue weighted by Gasteiger charge is -2.10. The van der Waals surface area contributed by atoms with Gasteiger partial charge in [-0.05, 0) is 24.3 Å². The molecule has 1 atom stereocenters. The molecule has 0 aliphatic rings. The van der Waals surface area contributed by atoms with Crippen molar-refractivity contribution in [2.75, 3.05) is 6.61 Å². The summed E-state index contributed by atoms with van der Waals surface area (Å²) in [5, 5.41) is 11.1.